The lowest BCUT2D eigenvalue weighted by molar-refractivity contribution is 0.339. The van der Waals surface area contributed by atoms with Gasteiger partial charge < -0.3 is 14.3 Å². The largest absolute Gasteiger partial charge is 0.314 e. The van der Waals surface area contributed by atoms with E-state index < -0.39 is 0 Å². The van der Waals surface area contributed by atoms with Gasteiger partial charge in [0.2, 0.25) is 0 Å². The molecule has 24 heavy (non-hydrogen) atoms. The zero-order chi connectivity index (χ0) is 16.5. The van der Waals surface area contributed by atoms with E-state index in [0.29, 0.717) is 11.8 Å². The number of nitrogens with zero attached hydrogens (tertiary/aromatic N) is 5. The third-order valence-corrected chi connectivity index (χ3v) is 4.74. The van der Waals surface area contributed by atoms with Crippen LogP contribution in [0.5, 0.6) is 0 Å². The van der Waals surface area contributed by atoms with Crippen LogP contribution in [0.2, 0.25) is 0 Å². The van der Waals surface area contributed by atoms with Crippen molar-refractivity contribution < 1.29 is 0 Å². The van der Waals surface area contributed by atoms with Crippen molar-refractivity contribution in [3.05, 3.63) is 47.9 Å². The van der Waals surface area contributed by atoms with Crippen molar-refractivity contribution in [1.82, 2.24) is 29.5 Å². The number of nitrogens with one attached hydrogen (secondary N) is 1. The number of hydrogen-bond donors (Lipinski definition) is 1. The van der Waals surface area contributed by atoms with Crippen LogP contribution in [-0.4, -0.2) is 30.7 Å². The molecule has 1 atom stereocenters. The molecule has 0 fully saturated rings. The third kappa shape index (κ3) is 2.94. The van der Waals surface area contributed by atoms with Gasteiger partial charge in [-0.15, -0.1) is 10.2 Å². The van der Waals surface area contributed by atoms with Gasteiger partial charge in [-0.1, -0.05) is 19.9 Å². The topological polar surface area (TPSA) is 60.0 Å². The van der Waals surface area contributed by atoms with Gasteiger partial charge in [-0.2, -0.15) is 0 Å². The van der Waals surface area contributed by atoms with Gasteiger partial charge in [0.05, 0.1) is 5.69 Å². The highest BCUT2D eigenvalue weighted by molar-refractivity contribution is 5.39. The van der Waals surface area contributed by atoms with E-state index in [0.717, 1.165) is 49.0 Å². The van der Waals surface area contributed by atoms with E-state index in [-0.39, 0.29) is 0 Å². The minimum absolute atomic E-state index is 0.427. The average molecular weight is 324 g/mol. The number of hydrogen-bond acceptors (Lipinski definition) is 4. The van der Waals surface area contributed by atoms with Gasteiger partial charge in [-0.3, -0.25) is 0 Å². The SMILES string of the molecule is CC(C)c1nnc2n1CC(CNCc1cn3ccccc3n1)CC2. The van der Waals surface area contributed by atoms with Crippen molar-refractivity contribution in [2.75, 3.05) is 6.54 Å². The van der Waals surface area contributed by atoms with Crippen LogP contribution in [0.15, 0.2) is 30.6 Å². The zero-order valence-electron chi connectivity index (χ0n) is 14.3. The number of rotatable bonds is 5. The molecule has 1 aliphatic heterocycles. The zero-order valence-corrected chi connectivity index (χ0v) is 14.3. The highest BCUT2D eigenvalue weighted by Gasteiger charge is 2.23. The highest BCUT2D eigenvalue weighted by Crippen LogP contribution is 2.23. The number of aryl methyl sites for hydroxylation is 1. The van der Waals surface area contributed by atoms with E-state index in [1.165, 1.54) is 6.42 Å². The summed E-state index contributed by atoms with van der Waals surface area (Å²) in [6.07, 6.45) is 6.33. The Kier molecular flexibility index (Phi) is 4.06. The van der Waals surface area contributed by atoms with Gasteiger partial charge in [0.25, 0.3) is 0 Å². The second-order valence-corrected chi connectivity index (χ2v) is 6.97. The van der Waals surface area contributed by atoms with Crippen molar-refractivity contribution in [3.8, 4) is 0 Å². The Balaban J connectivity index is 1.35. The van der Waals surface area contributed by atoms with Crippen molar-refractivity contribution in [2.24, 2.45) is 5.92 Å². The second-order valence-electron chi connectivity index (χ2n) is 6.97. The standard InChI is InChI=1S/C18H24N6/c1-13(2)18-22-21-17-7-6-14(11-24(17)18)9-19-10-15-12-23-8-4-3-5-16(23)20-15/h3-5,8,12-14,19H,6-7,9-11H2,1-2H3. The van der Waals surface area contributed by atoms with E-state index >= 15 is 0 Å². The lowest BCUT2D eigenvalue weighted by Gasteiger charge is -2.25. The van der Waals surface area contributed by atoms with Crippen molar-refractivity contribution >= 4 is 5.65 Å². The summed E-state index contributed by atoms with van der Waals surface area (Å²) in [5.41, 5.74) is 2.09. The number of imidazole rings is 1. The van der Waals surface area contributed by atoms with Gasteiger partial charge in [0.15, 0.2) is 0 Å². The Labute approximate surface area is 141 Å². The maximum atomic E-state index is 4.64. The predicted octanol–water partition coefficient (Wildman–Crippen LogP) is 2.40. The predicted molar refractivity (Wildman–Crippen MR) is 92.8 cm³/mol. The van der Waals surface area contributed by atoms with Gasteiger partial charge in [0, 0.05) is 44.4 Å². The molecule has 0 radical (unpaired) electrons. The molecule has 4 rings (SSSR count). The molecule has 1 aliphatic rings. The summed E-state index contributed by atoms with van der Waals surface area (Å²) in [7, 11) is 0. The Morgan fingerprint density at radius 3 is 3.04 bits per heavy atom. The van der Waals surface area contributed by atoms with Crippen LogP contribution in [0.4, 0.5) is 0 Å². The van der Waals surface area contributed by atoms with E-state index in [1.54, 1.807) is 0 Å². The summed E-state index contributed by atoms with van der Waals surface area (Å²) in [6.45, 7) is 7.20. The first-order chi connectivity index (χ1) is 11.7. The van der Waals surface area contributed by atoms with E-state index in [2.05, 4.69) is 49.5 Å². The van der Waals surface area contributed by atoms with Gasteiger partial charge >= 0.3 is 0 Å². The fourth-order valence-corrected chi connectivity index (χ4v) is 3.49. The minimum atomic E-state index is 0.427. The molecule has 3 aromatic heterocycles. The molecule has 6 nitrogen and oxygen atoms in total. The molecule has 0 amide bonds. The molecule has 0 aromatic carbocycles. The van der Waals surface area contributed by atoms with E-state index in [9.17, 15) is 0 Å². The van der Waals surface area contributed by atoms with Gasteiger partial charge in [0.1, 0.15) is 17.3 Å². The summed E-state index contributed by atoms with van der Waals surface area (Å²) in [4.78, 5) is 4.64. The van der Waals surface area contributed by atoms with Crippen molar-refractivity contribution in [3.63, 3.8) is 0 Å². The van der Waals surface area contributed by atoms with Crippen molar-refractivity contribution in [2.45, 2.75) is 45.7 Å². The van der Waals surface area contributed by atoms with Crippen LogP contribution >= 0.6 is 0 Å². The fraction of sp³-hybridized carbons (Fsp3) is 0.500. The molecule has 126 valence electrons. The van der Waals surface area contributed by atoms with Gasteiger partial charge in [-0.05, 0) is 24.5 Å². The Hall–Kier alpha value is -2.21. The summed E-state index contributed by atoms with van der Waals surface area (Å²) < 4.78 is 4.39. The summed E-state index contributed by atoms with van der Waals surface area (Å²) in [5, 5.41) is 12.3. The van der Waals surface area contributed by atoms with Crippen LogP contribution in [0.25, 0.3) is 5.65 Å². The van der Waals surface area contributed by atoms with Crippen LogP contribution in [0.3, 0.4) is 0 Å². The average Bonchev–Trinajstić information content (AvgIpc) is 3.17. The Morgan fingerprint density at radius 1 is 1.29 bits per heavy atom. The first kappa shape index (κ1) is 15.3. The van der Waals surface area contributed by atoms with Crippen LogP contribution < -0.4 is 5.32 Å². The van der Waals surface area contributed by atoms with Gasteiger partial charge in [-0.25, -0.2) is 4.98 Å². The summed E-state index contributed by atoms with van der Waals surface area (Å²) in [5.74, 6) is 3.32. The number of pyridine rings is 1. The molecule has 1 N–H and O–H groups in total. The highest BCUT2D eigenvalue weighted by atomic mass is 15.3. The van der Waals surface area contributed by atoms with E-state index in [4.69, 9.17) is 0 Å². The molecule has 0 saturated carbocycles. The number of fused-ring (bicyclic) bond motifs is 2. The van der Waals surface area contributed by atoms with Crippen LogP contribution in [-0.2, 0) is 19.5 Å². The molecule has 0 aliphatic carbocycles. The first-order valence-electron chi connectivity index (χ1n) is 8.76. The molecule has 1 unspecified atom stereocenters. The Bertz CT molecular complexity index is 798. The van der Waals surface area contributed by atoms with Crippen molar-refractivity contribution in [1.29, 1.82) is 0 Å². The Morgan fingerprint density at radius 2 is 2.21 bits per heavy atom. The molecular weight excluding hydrogens is 300 g/mol. The molecule has 0 bridgehead atoms. The smallest absolute Gasteiger partial charge is 0.137 e. The molecule has 3 aromatic rings. The molecule has 0 spiro atoms. The second kappa shape index (κ2) is 6.36. The maximum Gasteiger partial charge on any atom is 0.137 e. The molecular formula is C18H24N6. The molecule has 0 saturated heterocycles. The normalized spacial score (nSPS) is 17.5. The molecule has 6 heteroatoms. The summed E-state index contributed by atoms with van der Waals surface area (Å²) >= 11 is 0. The third-order valence-electron chi connectivity index (χ3n) is 4.74. The number of aromatic nitrogens is 5. The van der Waals surface area contributed by atoms with Crippen LogP contribution in [0, 0.1) is 5.92 Å². The lowest BCUT2D eigenvalue weighted by atomic mass is 9.98. The minimum Gasteiger partial charge on any atom is -0.314 e. The first-order valence-corrected chi connectivity index (χ1v) is 8.76. The van der Waals surface area contributed by atoms with Crippen LogP contribution in [0.1, 0.15) is 43.5 Å². The lowest BCUT2D eigenvalue weighted by Crippen LogP contribution is -2.30. The van der Waals surface area contributed by atoms with E-state index in [1.807, 2.05) is 24.4 Å². The fourth-order valence-electron chi connectivity index (χ4n) is 3.49. The quantitative estimate of drug-likeness (QED) is 0.783. The summed E-state index contributed by atoms with van der Waals surface area (Å²) in [6, 6.07) is 6.08. The molecule has 4 heterocycles. The monoisotopic (exact) mass is 324 g/mol. The maximum absolute atomic E-state index is 4.64.